The second kappa shape index (κ2) is 7.34. The highest BCUT2D eigenvalue weighted by atomic mass is 16.5. The summed E-state index contributed by atoms with van der Waals surface area (Å²) in [6, 6.07) is 0. The summed E-state index contributed by atoms with van der Waals surface area (Å²) >= 11 is 0. The van der Waals surface area contributed by atoms with Gasteiger partial charge in [0.05, 0.1) is 18.9 Å². The second-order valence-electron chi connectivity index (χ2n) is 4.71. The van der Waals surface area contributed by atoms with Crippen molar-refractivity contribution < 1.29 is 9.84 Å². The van der Waals surface area contributed by atoms with Crippen molar-refractivity contribution in [1.82, 2.24) is 10.3 Å². The third-order valence-electron chi connectivity index (χ3n) is 3.02. The third kappa shape index (κ3) is 4.27. The fourth-order valence-electron chi connectivity index (χ4n) is 1.98. The van der Waals surface area contributed by atoms with Crippen molar-refractivity contribution in [1.29, 1.82) is 0 Å². The largest absolute Gasteiger partial charge is 0.496 e. The Bertz CT molecular complexity index is 378. The van der Waals surface area contributed by atoms with E-state index in [1.165, 1.54) is 0 Å². The molecule has 1 unspecified atom stereocenters. The third-order valence-corrected chi connectivity index (χ3v) is 3.02. The Kier molecular flexibility index (Phi) is 6.09. The van der Waals surface area contributed by atoms with Crippen LogP contribution in [0, 0.1) is 13.8 Å². The predicted octanol–water partition coefficient (Wildman–Crippen LogP) is 1.96. The maximum Gasteiger partial charge on any atom is 0.128 e. The van der Waals surface area contributed by atoms with Crippen molar-refractivity contribution in [3.05, 3.63) is 23.0 Å². The number of nitrogens with zero attached hydrogens (tertiary/aromatic N) is 1. The number of methoxy groups -OCH3 is 1. The van der Waals surface area contributed by atoms with Gasteiger partial charge in [0.25, 0.3) is 0 Å². The van der Waals surface area contributed by atoms with Gasteiger partial charge >= 0.3 is 0 Å². The highest BCUT2D eigenvalue weighted by molar-refractivity contribution is 5.40. The topological polar surface area (TPSA) is 54.4 Å². The lowest BCUT2D eigenvalue weighted by atomic mass is 10.1. The minimum atomic E-state index is -0.217. The lowest BCUT2D eigenvalue weighted by Crippen LogP contribution is -2.18. The molecule has 0 bridgehead atoms. The van der Waals surface area contributed by atoms with Crippen LogP contribution in [0.5, 0.6) is 5.75 Å². The van der Waals surface area contributed by atoms with Crippen LogP contribution in [0.15, 0.2) is 6.20 Å². The van der Waals surface area contributed by atoms with Gasteiger partial charge in [-0.05, 0) is 40.2 Å². The molecule has 2 N–H and O–H groups in total. The number of aromatic nitrogens is 1. The maximum atomic E-state index is 9.16. The van der Waals surface area contributed by atoms with Gasteiger partial charge in [-0.25, -0.2) is 0 Å². The molecule has 1 aromatic rings. The van der Waals surface area contributed by atoms with Crippen LogP contribution in [0.2, 0.25) is 0 Å². The van der Waals surface area contributed by atoms with E-state index in [2.05, 4.69) is 10.3 Å². The SMILES string of the molecule is COc1c(C)cnc(CNCCCC(C)O)c1C. The van der Waals surface area contributed by atoms with Crippen LogP contribution in [-0.4, -0.2) is 29.8 Å². The number of ether oxygens (including phenoxy) is 1. The van der Waals surface area contributed by atoms with Crippen LogP contribution in [0.1, 0.15) is 36.6 Å². The Labute approximate surface area is 109 Å². The molecule has 0 aliphatic rings. The second-order valence-corrected chi connectivity index (χ2v) is 4.71. The molecule has 0 aromatic carbocycles. The van der Waals surface area contributed by atoms with Gasteiger partial charge in [-0.1, -0.05) is 0 Å². The Morgan fingerprint density at radius 1 is 1.44 bits per heavy atom. The van der Waals surface area contributed by atoms with Crippen molar-refractivity contribution in [3.8, 4) is 5.75 Å². The van der Waals surface area contributed by atoms with E-state index in [1.54, 1.807) is 7.11 Å². The molecule has 0 spiro atoms. The van der Waals surface area contributed by atoms with Gasteiger partial charge < -0.3 is 15.2 Å². The Morgan fingerprint density at radius 3 is 2.78 bits per heavy atom. The summed E-state index contributed by atoms with van der Waals surface area (Å²) in [4.78, 5) is 4.43. The van der Waals surface area contributed by atoms with Crippen molar-refractivity contribution >= 4 is 0 Å². The first-order valence-electron chi connectivity index (χ1n) is 6.44. The Balaban J connectivity index is 2.48. The van der Waals surface area contributed by atoms with Crippen molar-refractivity contribution in [2.24, 2.45) is 0 Å². The number of aliphatic hydroxyl groups is 1. The molecule has 1 heterocycles. The van der Waals surface area contributed by atoms with Crippen LogP contribution in [-0.2, 0) is 6.54 Å². The quantitative estimate of drug-likeness (QED) is 0.728. The molecule has 0 radical (unpaired) electrons. The molecular weight excluding hydrogens is 228 g/mol. The predicted molar refractivity (Wildman–Crippen MR) is 72.9 cm³/mol. The summed E-state index contributed by atoms with van der Waals surface area (Å²) in [7, 11) is 1.69. The van der Waals surface area contributed by atoms with E-state index in [-0.39, 0.29) is 6.10 Å². The summed E-state index contributed by atoms with van der Waals surface area (Å²) in [5.41, 5.74) is 3.18. The summed E-state index contributed by atoms with van der Waals surface area (Å²) in [6.07, 6.45) is 3.43. The monoisotopic (exact) mass is 252 g/mol. The van der Waals surface area contributed by atoms with Crippen LogP contribution in [0.25, 0.3) is 0 Å². The molecule has 0 fully saturated rings. The van der Waals surface area contributed by atoms with Gasteiger partial charge in [0.15, 0.2) is 0 Å². The number of aryl methyl sites for hydroxylation is 1. The summed E-state index contributed by atoms with van der Waals surface area (Å²) < 4.78 is 5.37. The van der Waals surface area contributed by atoms with E-state index in [9.17, 15) is 0 Å². The minimum Gasteiger partial charge on any atom is -0.496 e. The lowest BCUT2D eigenvalue weighted by Gasteiger charge is -2.13. The molecule has 4 nitrogen and oxygen atoms in total. The van der Waals surface area contributed by atoms with E-state index in [4.69, 9.17) is 9.84 Å². The van der Waals surface area contributed by atoms with Gasteiger partial charge in [-0.2, -0.15) is 0 Å². The average Bonchev–Trinajstić information content (AvgIpc) is 2.31. The molecule has 18 heavy (non-hydrogen) atoms. The van der Waals surface area contributed by atoms with E-state index in [1.807, 2.05) is 27.0 Å². The van der Waals surface area contributed by atoms with Gasteiger partial charge in [0.2, 0.25) is 0 Å². The zero-order valence-electron chi connectivity index (χ0n) is 11.8. The van der Waals surface area contributed by atoms with E-state index in [0.29, 0.717) is 0 Å². The van der Waals surface area contributed by atoms with Gasteiger partial charge in [-0.15, -0.1) is 0 Å². The lowest BCUT2D eigenvalue weighted by molar-refractivity contribution is 0.181. The number of aliphatic hydroxyl groups excluding tert-OH is 1. The Morgan fingerprint density at radius 2 is 2.17 bits per heavy atom. The molecule has 1 rings (SSSR count). The van der Waals surface area contributed by atoms with E-state index in [0.717, 1.165) is 48.5 Å². The van der Waals surface area contributed by atoms with E-state index >= 15 is 0 Å². The molecule has 4 heteroatoms. The zero-order valence-corrected chi connectivity index (χ0v) is 11.8. The first kappa shape index (κ1) is 14.9. The van der Waals surface area contributed by atoms with E-state index < -0.39 is 0 Å². The highest BCUT2D eigenvalue weighted by Gasteiger charge is 2.08. The normalized spacial score (nSPS) is 12.5. The van der Waals surface area contributed by atoms with Crippen LogP contribution in [0.3, 0.4) is 0 Å². The molecule has 102 valence electrons. The molecule has 1 aromatic heterocycles. The molecule has 0 aliphatic carbocycles. The standard InChI is InChI=1S/C14H24N2O2/c1-10-8-16-13(12(3)14(10)18-4)9-15-7-5-6-11(2)17/h8,11,15,17H,5-7,9H2,1-4H3. The van der Waals surface area contributed by atoms with Crippen molar-refractivity contribution in [2.45, 2.75) is 46.3 Å². The zero-order chi connectivity index (χ0) is 13.5. The van der Waals surface area contributed by atoms with Crippen LogP contribution in [0.4, 0.5) is 0 Å². The average molecular weight is 252 g/mol. The maximum absolute atomic E-state index is 9.16. The molecule has 0 aliphatic heterocycles. The number of rotatable bonds is 7. The molecule has 0 amide bonds. The van der Waals surface area contributed by atoms with Gasteiger partial charge in [0.1, 0.15) is 5.75 Å². The van der Waals surface area contributed by atoms with Gasteiger partial charge in [-0.3, -0.25) is 4.98 Å². The summed E-state index contributed by atoms with van der Waals surface area (Å²) in [5, 5.41) is 12.5. The van der Waals surface area contributed by atoms with Crippen molar-refractivity contribution in [2.75, 3.05) is 13.7 Å². The fourth-order valence-corrected chi connectivity index (χ4v) is 1.98. The number of hydrogen-bond donors (Lipinski definition) is 2. The fraction of sp³-hybridized carbons (Fsp3) is 0.643. The summed E-state index contributed by atoms with van der Waals surface area (Å²) in [5.74, 6) is 0.922. The number of pyridine rings is 1. The number of hydrogen-bond acceptors (Lipinski definition) is 4. The number of nitrogens with one attached hydrogen (secondary N) is 1. The highest BCUT2D eigenvalue weighted by Crippen LogP contribution is 2.23. The first-order chi connectivity index (χ1) is 8.56. The smallest absolute Gasteiger partial charge is 0.128 e. The Hall–Kier alpha value is -1.13. The van der Waals surface area contributed by atoms with Crippen molar-refractivity contribution in [3.63, 3.8) is 0 Å². The molecular formula is C14H24N2O2. The first-order valence-corrected chi connectivity index (χ1v) is 6.44. The minimum absolute atomic E-state index is 0.217. The molecule has 0 saturated carbocycles. The molecule has 0 saturated heterocycles. The van der Waals surface area contributed by atoms with Crippen LogP contribution >= 0.6 is 0 Å². The van der Waals surface area contributed by atoms with Gasteiger partial charge in [0, 0.05) is 23.9 Å². The summed E-state index contributed by atoms with van der Waals surface area (Å²) in [6.45, 7) is 7.48. The van der Waals surface area contributed by atoms with Crippen LogP contribution < -0.4 is 10.1 Å². The molecule has 1 atom stereocenters.